The maximum atomic E-state index is 13.0. The number of alkyl halides is 1. The smallest absolute Gasteiger partial charge is 0.323 e. The number of carbonyl (C=O) groups is 2. The van der Waals surface area contributed by atoms with Crippen molar-refractivity contribution in [1.29, 1.82) is 0 Å². The van der Waals surface area contributed by atoms with Crippen LogP contribution in [0.3, 0.4) is 0 Å². The number of aryl methyl sites for hydroxylation is 1. The molecular weight excluding hydrogens is 357 g/mol. The van der Waals surface area contributed by atoms with E-state index in [1.807, 2.05) is 18.2 Å². The van der Waals surface area contributed by atoms with E-state index in [1.54, 1.807) is 0 Å². The number of imide groups is 1. The average molecular weight is 384 g/mol. The van der Waals surface area contributed by atoms with Crippen LogP contribution in [0.25, 0.3) is 0 Å². The van der Waals surface area contributed by atoms with Crippen molar-refractivity contribution in [3.63, 3.8) is 0 Å². The molecule has 2 fully saturated rings. The summed E-state index contributed by atoms with van der Waals surface area (Å²) < 4.78 is 12.8. The third-order valence-corrected chi connectivity index (χ3v) is 5.43. The van der Waals surface area contributed by atoms with Gasteiger partial charge in [-0.25, -0.2) is 9.18 Å². The first kappa shape index (κ1) is 20.6. The fraction of sp³-hybridized carbons (Fsp3) is 0.579. The summed E-state index contributed by atoms with van der Waals surface area (Å²) in [5.41, 5.74) is 0.351. The molecule has 3 rings (SSSR count). The minimum absolute atomic E-state index is 0. The average Bonchev–Trinajstić information content (AvgIpc) is 2.89. The topological polar surface area (TPSA) is 61.4 Å². The Labute approximate surface area is 160 Å². The van der Waals surface area contributed by atoms with E-state index in [-0.39, 0.29) is 30.8 Å². The van der Waals surface area contributed by atoms with Crippen LogP contribution < -0.4 is 10.6 Å². The van der Waals surface area contributed by atoms with E-state index in [9.17, 15) is 14.0 Å². The molecule has 2 aliphatic rings. The molecule has 7 heteroatoms. The van der Waals surface area contributed by atoms with Crippen LogP contribution in [0.5, 0.6) is 0 Å². The van der Waals surface area contributed by atoms with E-state index >= 15 is 0 Å². The lowest BCUT2D eigenvalue weighted by atomic mass is 9.74. The van der Waals surface area contributed by atoms with Gasteiger partial charge < -0.3 is 10.6 Å². The third-order valence-electron chi connectivity index (χ3n) is 5.43. The van der Waals surface area contributed by atoms with Gasteiger partial charge in [0.1, 0.15) is 12.2 Å². The second kappa shape index (κ2) is 9.33. The molecule has 2 heterocycles. The van der Waals surface area contributed by atoms with E-state index in [0.717, 1.165) is 43.7 Å². The highest BCUT2D eigenvalue weighted by atomic mass is 35.5. The molecule has 144 valence electrons. The number of halogens is 2. The largest absolute Gasteiger partial charge is 0.325 e. The lowest BCUT2D eigenvalue weighted by Gasteiger charge is -2.38. The van der Waals surface area contributed by atoms with E-state index in [1.165, 1.54) is 5.56 Å². The molecule has 3 amide bonds. The maximum Gasteiger partial charge on any atom is 0.325 e. The first-order valence-electron chi connectivity index (χ1n) is 9.12. The van der Waals surface area contributed by atoms with Crippen LogP contribution in [0, 0.1) is 5.92 Å². The molecule has 0 radical (unpaired) electrons. The van der Waals surface area contributed by atoms with E-state index in [0.29, 0.717) is 6.42 Å². The van der Waals surface area contributed by atoms with Crippen molar-refractivity contribution >= 4 is 24.3 Å². The first-order valence-corrected chi connectivity index (χ1v) is 9.12. The molecule has 0 spiro atoms. The quantitative estimate of drug-likeness (QED) is 0.712. The van der Waals surface area contributed by atoms with Crippen molar-refractivity contribution in [2.45, 2.75) is 37.6 Å². The van der Waals surface area contributed by atoms with E-state index in [4.69, 9.17) is 0 Å². The molecule has 5 nitrogen and oxygen atoms in total. The molecule has 0 aliphatic carbocycles. The highest BCUT2D eigenvalue weighted by Gasteiger charge is 2.54. The molecule has 0 saturated carbocycles. The van der Waals surface area contributed by atoms with E-state index < -0.39 is 18.2 Å². The molecule has 1 unspecified atom stereocenters. The number of hydrogen-bond acceptors (Lipinski definition) is 3. The lowest BCUT2D eigenvalue weighted by molar-refractivity contribution is -0.134. The van der Waals surface area contributed by atoms with Crippen molar-refractivity contribution in [1.82, 2.24) is 15.5 Å². The van der Waals surface area contributed by atoms with Crippen molar-refractivity contribution < 1.29 is 14.0 Å². The van der Waals surface area contributed by atoms with Crippen molar-refractivity contribution in [3.05, 3.63) is 35.9 Å². The fourth-order valence-electron chi connectivity index (χ4n) is 4.11. The number of benzene rings is 1. The number of piperidine rings is 1. The second-order valence-corrected chi connectivity index (χ2v) is 6.91. The van der Waals surface area contributed by atoms with Gasteiger partial charge in [-0.05, 0) is 56.7 Å². The van der Waals surface area contributed by atoms with Crippen molar-refractivity contribution in [2.75, 3.05) is 26.3 Å². The summed E-state index contributed by atoms with van der Waals surface area (Å²) in [4.78, 5) is 26.4. The molecule has 26 heavy (non-hydrogen) atoms. The van der Waals surface area contributed by atoms with Gasteiger partial charge in [-0.1, -0.05) is 30.3 Å². The minimum atomic E-state index is -0.872. The van der Waals surface area contributed by atoms with Gasteiger partial charge >= 0.3 is 6.03 Å². The van der Waals surface area contributed by atoms with Gasteiger partial charge in [0.15, 0.2) is 0 Å². The number of urea groups is 1. The summed E-state index contributed by atoms with van der Waals surface area (Å²) in [5.74, 6) is -0.138. The number of rotatable bonds is 7. The highest BCUT2D eigenvalue weighted by molar-refractivity contribution is 6.07. The van der Waals surface area contributed by atoms with Crippen LogP contribution in [-0.4, -0.2) is 48.7 Å². The monoisotopic (exact) mass is 383 g/mol. The Hall–Kier alpha value is -1.66. The summed E-state index contributed by atoms with van der Waals surface area (Å²) in [6, 6.07) is 9.69. The molecular formula is C19H27ClFN3O2. The number of nitrogens with zero attached hydrogens (tertiary/aromatic N) is 1. The molecule has 2 aliphatic heterocycles. The van der Waals surface area contributed by atoms with Gasteiger partial charge in [-0.2, -0.15) is 0 Å². The number of carbonyl (C=O) groups excluding carboxylic acids is 2. The van der Waals surface area contributed by atoms with Crippen LogP contribution in [0.2, 0.25) is 0 Å². The van der Waals surface area contributed by atoms with Crippen LogP contribution in [0.15, 0.2) is 30.3 Å². The summed E-state index contributed by atoms with van der Waals surface area (Å²) in [5, 5.41) is 6.25. The van der Waals surface area contributed by atoms with Gasteiger partial charge in [-0.15, -0.1) is 12.4 Å². The van der Waals surface area contributed by atoms with E-state index in [2.05, 4.69) is 22.8 Å². The Morgan fingerprint density at radius 2 is 1.85 bits per heavy atom. The Kier molecular flexibility index (Phi) is 7.41. The molecule has 0 bridgehead atoms. The molecule has 1 aromatic rings. The Bertz CT molecular complexity index is 610. The maximum absolute atomic E-state index is 13.0. The number of amides is 3. The van der Waals surface area contributed by atoms with Gasteiger partial charge in [0.05, 0.1) is 6.54 Å². The summed E-state index contributed by atoms with van der Waals surface area (Å²) >= 11 is 0. The van der Waals surface area contributed by atoms with Gasteiger partial charge in [0.25, 0.3) is 5.91 Å². The zero-order valence-electron chi connectivity index (χ0n) is 14.9. The number of hydrogen-bond donors (Lipinski definition) is 2. The van der Waals surface area contributed by atoms with Crippen LogP contribution in [0.1, 0.15) is 31.2 Å². The predicted octanol–water partition coefficient (Wildman–Crippen LogP) is 2.69. The number of nitrogens with one attached hydrogen (secondary N) is 2. The Morgan fingerprint density at radius 1 is 1.15 bits per heavy atom. The van der Waals surface area contributed by atoms with Crippen molar-refractivity contribution in [3.8, 4) is 0 Å². The van der Waals surface area contributed by atoms with Crippen LogP contribution in [0.4, 0.5) is 9.18 Å². The van der Waals surface area contributed by atoms with Gasteiger partial charge in [-0.3, -0.25) is 9.69 Å². The lowest BCUT2D eigenvalue weighted by Crippen LogP contribution is -2.55. The molecule has 1 aromatic carbocycles. The molecule has 0 aromatic heterocycles. The first-order chi connectivity index (χ1) is 12.2. The van der Waals surface area contributed by atoms with Crippen molar-refractivity contribution in [2.24, 2.45) is 5.92 Å². The second-order valence-electron chi connectivity index (χ2n) is 6.91. The van der Waals surface area contributed by atoms with Crippen LogP contribution in [-0.2, 0) is 11.2 Å². The SMILES string of the molecule is Cl.O=C1NC(CCCc2ccccc2)(C2CCNCC2)C(=O)N1CCF. The summed E-state index contributed by atoms with van der Waals surface area (Å²) in [7, 11) is 0. The Balaban J connectivity index is 0.00000243. The standard InChI is InChI=1S/C19H26FN3O2.ClH/c20-11-14-23-17(24)19(22-18(23)25,16-8-12-21-13-9-16)10-4-7-15-5-2-1-3-6-15;/h1-3,5-6,16,21H,4,7-14H2,(H,22,25);1H. The molecule has 2 saturated heterocycles. The minimum Gasteiger partial charge on any atom is -0.323 e. The zero-order valence-corrected chi connectivity index (χ0v) is 15.7. The normalized spacial score (nSPS) is 23.7. The predicted molar refractivity (Wildman–Crippen MR) is 101 cm³/mol. The summed E-state index contributed by atoms with van der Waals surface area (Å²) in [6.45, 7) is 0.830. The van der Waals surface area contributed by atoms with Crippen LogP contribution >= 0.6 is 12.4 Å². The summed E-state index contributed by atoms with van der Waals surface area (Å²) in [6.07, 6.45) is 3.96. The molecule has 1 atom stereocenters. The highest BCUT2D eigenvalue weighted by Crippen LogP contribution is 2.36. The Morgan fingerprint density at radius 3 is 2.50 bits per heavy atom. The third kappa shape index (κ3) is 4.18. The van der Waals surface area contributed by atoms with Gasteiger partial charge in [0, 0.05) is 0 Å². The van der Waals surface area contributed by atoms with Gasteiger partial charge in [0.2, 0.25) is 0 Å². The zero-order chi connectivity index (χ0) is 17.7. The molecule has 2 N–H and O–H groups in total. The fourth-order valence-corrected chi connectivity index (χ4v) is 4.11.